The van der Waals surface area contributed by atoms with Gasteiger partial charge in [-0.25, -0.2) is 0 Å². The summed E-state index contributed by atoms with van der Waals surface area (Å²) < 4.78 is 2.53. The van der Waals surface area contributed by atoms with Crippen LogP contribution in [0.5, 0.6) is 0 Å². The summed E-state index contributed by atoms with van der Waals surface area (Å²) in [7, 11) is 0. The van der Waals surface area contributed by atoms with Gasteiger partial charge in [0.25, 0.3) is 0 Å². The van der Waals surface area contributed by atoms with Crippen LogP contribution in [-0.4, -0.2) is 4.57 Å². The van der Waals surface area contributed by atoms with Crippen molar-refractivity contribution in [3.05, 3.63) is 188 Å². The summed E-state index contributed by atoms with van der Waals surface area (Å²) in [5, 5.41) is 18.0. The van der Waals surface area contributed by atoms with Crippen molar-refractivity contribution >= 4 is 86.4 Å². The molecule has 244 valence electrons. The normalized spacial score (nSPS) is 12.2. The second-order valence-electron chi connectivity index (χ2n) is 14.4. The van der Waals surface area contributed by atoms with Crippen LogP contribution in [0.2, 0.25) is 0 Å². The molecule has 1 heterocycles. The van der Waals surface area contributed by atoms with Crippen molar-refractivity contribution in [1.29, 1.82) is 0 Å². The Morgan fingerprint density at radius 3 is 1.74 bits per heavy atom. The van der Waals surface area contributed by atoms with E-state index in [0.717, 1.165) is 5.69 Å². The first-order chi connectivity index (χ1) is 26.3. The van der Waals surface area contributed by atoms with Gasteiger partial charge in [-0.2, -0.15) is 0 Å². The summed E-state index contributed by atoms with van der Waals surface area (Å²) in [6.07, 6.45) is 0. The zero-order valence-electron chi connectivity index (χ0n) is 28.8. The third kappa shape index (κ3) is 4.02. The minimum absolute atomic E-state index is 1.16. The van der Waals surface area contributed by atoms with E-state index in [4.69, 9.17) is 0 Å². The van der Waals surface area contributed by atoms with E-state index in [9.17, 15) is 0 Å². The predicted molar refractivity (Wildman–Crippen MR) is 228 cm³/mol. The van der Waals surface area contributed by atoms with E-state index in [1.165, 1.54) is 109 Å². The first kappa shape index (κ1) is 28.7. The third-order valence-electron chi connectivity index (χ3n) is 11.6. The predicted octanol–water partition coefficient (Wildman–Crippen LogP) is 14.5. The fourth-order valence-corrected chi connectivity index (χ4v) is 9.39. The minimum atomic E-state index is 1.16. The summed E-state index contributed by atoms with van der Waals surface area (Å²) in [4.78, 5) is 0. The molecular weight excluding hydrogens is 639 g/mol. The van der Waals surface area contributed by atoms with E-state index in [0.29, 0.717) is 0 Å². The Labute approximate surface area is 305 Å². The van der Waals surface area contributed by atoms with Crippen molar-refractivity contribution in [2.45, 2.75) is 0 Å². The van der Waals surface area contributed by atoms with Crippen molar-refractivity contribution in [3.63, 3.8) is 0 Å². The Bertz CT molecular complexity index is 3390. The minimum Gasteiger partial charge on any atom is -0.309 e. The smallest absolute Gasteiger partial charge is 0.0626 e. The standard InChI is InChI=1S/C52H31N/c1-2-17-39(18-3-1)53-47-31-38(48-40-19-8-6-14-34(40)29-35-15-7-9-20-41(35)48)26-27-43(47)51-44-22-10-16-37-30-46(36-25-24-32-12-4-5-13-33(32)28-36)42-21-11-23-45(52(51)53)50(42)49(37)44/h1-31H. The zero-order valence-corrected chi connectivity index (χ0v) is 28.8. The van der Waals surface area contributed by atoms with Gasteiger partial charge in [0.05, 0.1) is 11.0 Å². The van der Waals surface area contributed by atoms with Gasteiger partial charge in [-0.3, -0.25) is 0 Å². The molecule has 0 saturated carbocycles. The molecule has 0 radical (unpaired) electrons. The SMILES string of the molecule is c1ccc(-n2c3cc(-c4c5ccccc5cc5ccccc45)ccc3c3c4cccc5cc(-c6ccc7ccccc7c6)c6cccc(c6c54)c32)cc1. The second kappa shape index (κ2) is 10.8. The summed E-state index contributed by atoms with van der Waals surface area (Å²) in [5.41, 5.74) is 8.66. The molecule has 0 unspecified atom stereocenters. The van der Waals surface area contributed by atoms with Crippen LogP contribution < -0.4 is 0 Å². The van der Waals surface area contributed by atoms with E-state index >= 15 is 0 Å². The molecule has 53 heavy (non-hydrogen) atoms. The fraction of sp³-hybridized carbons (Fsp3) is 0. The molecule has 1 nitrogen and oxygen atoms in total. The number of benzene rings is 11. The molecule has 0 bridgehead atoms. The molecule has 1 aromatic heterocycles. The molecule has 0 N–H and O–H groups in total. The van der Waals surface area contributed by atoms with Crippen molar-refractivity contribution < 1.29 is 0 Å². The molecule has 0 fully saturated rings. The zero-order chi connectivity index (χ0) is 34.6. The number of para-hydroxylation sites is 1. The van der Waals surface area contributed by atoms with Crippen LogP contribution in [-0.2, 0) is 0 Å². The summed E-state index contributed by atoms with van der Waals surface area (Å²) in [6.45, 7) is 0. The van der Waals surface area contributed by atoms with Gasteiger partial charge in [0.15, 0.2) is 0 Å². The fourth-order valence-electron chi connectivity index (χ4n) is 9.39. The topological polar surface area (TPSA) is 4.93 Å². The van der Waals surface area contributed by atoms with Crippen LogP contribution in [0, 0.1) is 0 Å². The Morgan fingerprint density at radius 2 is 0.925 bits per heavy atom. The molecule has 0 atom stereocenters. The van der Waals surface area contributed by atoms with E-state index in [1.54, 1.807) is 0 Å². The van der Waals surface area contributed by atoms with Crippen molar-refractivity contribution in [3.8, 4) is 27.9 Å². The van der Waals surface area contributed by atoms with E-state index in [-0.39, 0.29) is 0 Å². The molecule has 12 rings (SSSR count). The van der Waals surface area contributed by atoms with E-state index in [1.807, 2.05) is 0 Å². The lowest BCUT2D eigenvalue weighted by molar-refractivity contribution is 1.19. The molecule has 1 heteroatoms. The number of rotatable bonds is 3. The summed E-state index contributed by atoms with van der Waals surface area (Å²) in [6, 6.07) is 69.8. The van der Waals surface area contributed by atoms with Gasteiger partial charge in [0, 0.05) is 27.2 Å². The highest BCUT2D eigenvalue weighted by Crippen LogP contribution is 2.49. The molecule has 0 aliphatic carbocycles. The Morgan fingerprint density at radius 1 is 0.302 bits per heavy atom. The van der Waals surface area contributed by atoms with Gasteiger partial charge in [0.1, 0.15) is 0 Å². The number of aromatic nitrogens is 1. The lowest BCUT2D eigenvalue weighted by Crippen LogP contribution is -1.96. The quantitative estimate of drug-likeness (QED) is 0.130. The molecule has 0 saturated heterocycles. The maximum Gasteiger partial charge on any atom is 0.0626 e. The highest BCUT2D eigenvalue weighted by molar-refractivity contribution is 6.39. The van der Waals surface area contributed by atoms with Crippen molar-refractivity contribution in [1.82, 2.24) is 4.57 Å². The molecular formula is C52H31N. The number of hydrogen-bond acceptors (Lipinski definition) is 0. The average molecular weight is 670 g/mol. The maximum absolute atomic E-state index is 2.53. The molecule has 0 amide bonds. The Kier molecular flexibility index (Phi) is 5.84. The molecule has 0 aliphatic heterocycles. The largest absolute Gasteiger partial charge is 0.309 e. The molecule has 12 aromatic rings. The molecule has 11 aromatic carbocycles. The van der Waals surface area contributed by atoms with E-state index in [2.05, 4.69) is 193 Å². The highest BCUT2D eigenvalue weighted by Gasteiger charge is 2.23. The number of fused-ring (bicyclic) bond motifs is 8. The van der Waals surface area contributed by atoms with Crippen molar-refractivity contribution in [2.24, 2.45) is 0 Å². The monoisotopic (exact) mass is 669 g/mol. The van der Waals surface area contributed by atoms with Crippen LogP contribution in [0.1, 0.15) is 0 Å². The summed E-state index contributed by atoms with van der Waals surface area (Å²) >= 11 is 0. The van der Waals surface area contributed by atoms with Crippen molar-refractivity contribution in [2.75, 3.05) is 0 Å². The first-order valence-corrected chi connectivity index (χ1v) is 18.4. The summed E-state index contributed by atoms with van der Waals surface area (Å²) in [5.74, 6) is 0. The Hall–Kier alpha value is -6.96. The first-order valence-electron chi connectivity index (χ1n) is 18.4. The van der Waals surface area contributed by atoms with Crippen LogP contribution in [0.15, 0.2) is 188 Å². The third-order valence-corrected chi connectivity index (χ3v) is 11.6. The van der Waals surface area contributed by atoms with Gasteiger partial charge >= 0.3 is 0 Å². The molecule has 0 spiro atoms. The maximum atomic E-state index is 2.53. The van der Waals surface area contributed by atoms with Gasteiger partial charge < -0.3 is 4.57 Å². The van der Waals surface area contributed by atoms with E-state index < -0.39 is 0 Å². The average Bonchev–Trinajstić information content (AvgIpc) is 3.57. The van der Waals surface area contributed by atoms with Crippen LogP contribution in [0.4, 0.5) is 0 Å². The van der Waals surface area contributed by atoms with Gasteiger partial charge in [0.2, 0.25) is 0 Å². The Balaban J connectivity index is 1.25. The van der Waals surface area contributed by atoms with Crippen LogP contribution in [0.25, 0.3) is 114 Å². The lowest BCUT2D eigenvalue weighted by atomic mass is 9.86. The highest BCUT2D eigenvalue weighted by atomic mass is 15.0. The van der Waals surface area contributed by atoms with Crippen LogP contribution >= 0.6 is 0 Å². The second-order valence-corrected chi connectivity index (χ2v) is 14.4. The number of hydrogen-bond donors (Lipinski definition) is 0. The number of nitrogens with zero attached hydrogens (tertiary/aromatic N) is 1. The molecule has 0 aliphatic rings. The van der Waals surface area contributed by atoms with Gasteiger partial charge in [-0.1, -0.05) is 152 Å². The van der Waals surface area contributed by atoms with Gasteiger partial charge in [-0.05, 0) is 113 Å². The van der Waals surface area contributed by atoms with Gasteiger partial charge in [-0.15, -0.1) is 0 Å². The van der Waals surface area contributed by atoms with Crippen LogP contribution in [0.3, 0.4) is 0 Å². The lowest BCUT2D eigenvalue weighted by Gasteiger charge is -2.18.